The number of anilines is 3. The molecule has 0 saturated carbocycles. The van der Waals surface area contributed by atoms with Crippen LogP contribution in [0.5, 0.6) is 5.75 Å². The number of phenols is 1. The molecule has 4 aromatic rings. The number of sulfone groups is 1. The maximum Gasteiger partial charge on any atom is 0.179 e. The zero-order chi connectivity index (χ0) is 19.5. The summed E-state index contributed by atoms with van der Waals surface area (Å²) in [5.74, 6) is 0.296. The van der Waals surface area contributed by atoms with Gasteiger partial charge < -0.3 is 16.2 Å². The Morgan fingerprint density at radius 2 is 1.96 bits per heavy atom. The molecule has 1 aromatic heterocycles. The Kier molecular flexibility index (Phi) is 3.51. The molecule has 0 spiro atoms. The predicted molar refractivity (Wildman–Crippen MR) is 111 cm³/mol. The Morgan fingerprint density at radius 1 is 1.11 bits per heavy atom. The number of rotatable bonds is 2. The van der Waals surface area contributed by atoms with Gasteiger partial charge in [-0.15, -0.1) is 0 Å². The molecule has 0 saturated heterocycles. The first-order valence-corrected chi connectivity index (χ1v) is 10.5. The second-order valence-electron chi connectivity index (χ2n) is 6.93. The molecule has 0 bridgehead atoms. The quantitative estimate of drug-likeness (QED) is 0.481. The number of nitrogen functional groups attached to an aromatic ring is 1. The van der Waals surface area contributed by atoms with E-state index in [2.05, 4.69) is 10.3 Å². The van der Waals surface area contributed by atoms with Crippen LogP contribution >= 0.6 is 0 Å². The van der Waals surface area contributed by atoms with E-state index in [4.69, 9.17) is 5.73 Å². The van der Waals surface area contributed by atoms with Crippen molar-refractivity contribution in [2.75, 3.05) is 16.8 Å². The van der Waals surface area contributed by atoms with Gasteiger partial charge in [0.1, 0.15) is 5.75 Å². The molecular weight excluding hydrogens is 374 g/mol. The Bertz CT molecular complexity index is 1380. The zero-order valence-electron chi connectivity index (χ0n) is 14.8. The number of hydrogen-bond acceptors (Lipinski definition) is 6. The average molecular weight is 391 g/mol. The van der Waals surface area contributed by atoms with Gasteiger partial charge in [0.25, 0.3) is 0 Å². The fraction of sp³-hybridized carbons (Fsp3) is 0.0952. The summed E-state index contributed by atoms with van der Waals surface area (Å²) in [5.41, 5.74) is 9.62. The van der Waals surface area contributed by atoms with E-state index in [0.29, 0.717) is 28.2 Å². The Labute approximate surface area is 161 Å². The third kappa shape index (κ3) is 2.47. The van der Waals surface area contributed by atoms with Crippen LogP contribution in [0.2, 0.25) is 0 Å². The van der Waals surface area contributed by atoms with Crippen LogP contribution in [-0.2, 0) is 16.3 Å². The molecule has 0 amide bonds. The maximum atomic E-state index is 12.4. The van der Waals surface area contributed by atoms with E-state index in [1.807, 2.05) is 24.3 Å². The summed E-state index contributed by atoms with van der Waals surface area (Å²) in [6, 6.07) is 14.2. The molecule has 0 fully saturated rings. The van der Waals surface area contributed by atoms with Crippen molar-refractivity contribution in [2.24, 2.45) is 0 Å². The molecule has 6 nitrogen and oxygen atoms in total. The van der Waals surface area contributed by atoms with E-state index in [-0.39, 0.29) is 11.5 Å². The molecule has 140 valence electrons. The Morgan fingerprint density at radius 3 is 2.82 bits per heavy atom. The van der Waals surface area contributed by atoms with Gasteiger partial charge in [-0.2, -0.15) is 0 Å². The number of fused-ring (bicyclic) bond motifs is 4. The van der Waals surface area contributed by atoms with Gasteiger partial charge >= 0.3 is 0 Å². The molecule has 0 unspecified atom stereocenters. The standard InChI is InChI=1S/C21H17N3O3S/c22-16-11-23-18-6-7-19-15(8-9-28(19,26)27)20(18)21(16)24-17-3-1-2-12-10-13(25)4-5-14(12)17/h1-7,10-11,25H,8-9,22H2,(H,23,24). The molecule has 28 heavy (non-hydrogen) atoms. The summed E-state index contributed by atoms with van der Waals surface area (Å²) in [7, 11) is -3.26. The molecule has 0 radical (unpaired) electrons. The lowest BCUT2D eigenvalue weighted by molar-refractivity contribution is 0.476. The SMILES string of the molecule is Nc1cnc2ccc3c(c2c1Nc1cccc2cc(O)ccc12)CCS3(=O)=O. The fourth-order valence-electron chi connectivity index (χ4n) is 3.89. The summed E-state index contributed by atoms with van der Waals surface area (Å²) in [6.45, 7) is 0. The van der Waals surface area contributed by atoms with Gasteiger partial charge in [0.05, 0.1) is 33.7 Å². The molecule has 5 rings (SSSR count). The van der Waals surface area contributed by atoms with Crippen LogP contribution in [0.15, 0.2) is 59.6 Å². The highest BCUT2D eigenvalue weighted by molar-refractivity contribution is 7.91. The Hall–Kier alpha value is -3.32. The lowest BCUT2D eigenvalue weighted by Gasteiger charge is -2.16. The van der Waals surface area contributed by atoms with Gasteiger partial charge in [-0.25, -0.2) is 8.42 Å². The van der Waals surface area contributed by atoms with Crippen LogP contribution in [0.1, 0.15) is 5.56 Å². The largest absolute Gasteiger partial charge is 0.508 e. The second kappa shape index (κ2) is 5.84. The van der Waals surface area contributed by atoms with Crippen LogP contribution < -0.4 is 11.1 Å². The minimum absolute atomic E-state index is 0.100. The van der Waals surface area contributed by atoms with Crippen LogP contribution in [0.4, 0.5) is 17.1 Å². The van der Waals surface area contributed by atoms with E-state index in [0.717, 1.165) is 27.4 Å². The number of aromatic nitrogens is 1. The van der Waals surface area contributed by atoms with Crippen molar-refractivity contribution in [1.29, 1.82) is 0 Å². The second-order valence-corrected chi connectivity index (χ2v) is 9.01. The number of nitrogens with one attached hydrogen (secondary N) is 1. The summed E-state index contributed by atoms with van der Waals surface area (Å²) >= 11 is 0. The highest BCUT2D eigenvalue weighted by Crippen LogP contribution is 2.40. The number of hydrogen-bond donors (Lipinski definition) is 3. The normalized spacial score (nSPS) is 15.0. The summed E-state index contributed by atoms with van der Waals surface area (Å²) < 4.78 is 24.7. The summed E-state index contributed by atoms with van der Waals surface area (Å²) in [5, 5.41) is 15.7. The lowest BCUT2D eigenvalue weighted by atomic mass is 10.0. The molecule has 3 aromatic carbocycles. The first-order valence-electron chi connectivity index (χ1n) is 8.86. The number of nitrogens with zero attached hydrogens (tertiary/aromatic N) is 1. The fourth-order valence-corrected chi connectivity index (χ4v) is 5.43. The maximum absolute atomic E-state index is 12.4. The number of aryl methyl sites for hydroxylation is 1. The smallest absolute Gasteiger partial charge is 0.179 e. The van der Waals surface area contributed by atoms with Crippen molar-refractivity contribution in [3.8, 4) is 5.75 Å². The van der Waals surface area contributed by atoms with Crippen molar-refractivity contribution in [3.05, 3.63) is 60.3 Å². The van der Waals surface area contributed by atoms with Gasteiger partial charge in [-0.1, -0.05) is 12.1 Å². The van der Waals surface area contributed by atoms with Crippen LogP contribution in [0.25, 0.3) is 21.7 Å². The highest BCUT2D eigenvalue weighted by atomic mass is 32.2. The van der Waals surface area contributed by atoms with Gasteiger partial charge in [-0.05, 0) is 53.8 Å². The molecule has 7 heteroatoms. The number of aromatic hydroxyl groups is 1. The summed E-state index contributed by atoms with van der Waals surface area (Å²) in [6.07, 6.45) is 2.02. The van der Waals surface area contributed by atoms with Gasteiger partial charge in [0.2, 0.25) is 0 Å². The third-order valence-electron chi connectivity index (χ3n) is 5.21. The molecular formula is C21H17N3O3S. The molecule has 0 aliphatic carbocycles. The topological polar surface area (TPSA) is 105 Å². The zero-order valence-corrected chi connectivity index (χ0v) is 15.6. The van der Waals surface area contributed by atoms with Crippen LogP contribution in [0, 0.1) is 0 Å². The first-order chi connectivity index (χ1) is 13.4. The van der Waals surface area contributed by atoms with Crippen LogP contribution in [0.3, 0.4) is 0 Å². The molecule has 4 N–H and O–H groups in total. The number of nitrogens with two attached hydrogens (primary N) is 1. The first kappa shape index (κ1) is 16.8. The van der Waals surface area contributed by atoms with E-state index < -0.39 is 9.84 Å². The Balaban J connectivity index is 1.77. The molecule has 0 atom stereocenters. The van der Waals surface area contributed by atoms with E-state index in [1.54, 1.807) is 30.5 Å². The van der Waals surface area contributed by atoms with E-state index in [9.17, 15) is 13.5 Å². The van der Waals surface area contributed by atoms with Gasteiger partial charge in [0.15, 0.2) is 9.84 Å². The average Bonchev–Trinajstić information content (AvgIpc) is 2.98. The van der Waals surface area contributed by atoms with Gasteiger partial charge in [0, 0.05) is 16.5 Å². The minimum Gasteiger partial charge on any atom is -0.508 e. The molecule has 1 aliphatic rings. The lowest BCUT2D eigenvalue weighted by Crippen LogP contribution is -2.02. The third-order valence-corrected chi connectivity index (χ3v) is 7.00. The predicted octanol–water partition coefficient (Wildman–Crippen LogP) is 3.75. The van der Waals surface area contributed by atoms with E-state index >= 15 is 0 Å². The van der Waals surface area contributed by atoms with Crippen molar-refractivity contribution in [2.45, 2.75) is 11.3 Å². The molecule has 1 aliphatic heterocycles. The monoisotopic (exact) mass is 391 g/mol. The van der Waals surface area contributed by atoms with Crippen molar-refractivity contribution in [1.82, 2.24) is 4.98 Å². The number of phenolic OH excluding ortho intramolecular Hbond substituents is 1. The number of pyridine rings is 1. The van der Waals surface area contributed by atoms with Crippen molar-refractivity contribution >= 4 is 48.6 Å². The van der Waals surface area contributed by atoms with Crippen molar-refractivity contribution in [3.63, 3.8) is 0 Å². The van der Waals surface area contributed by atoms with Crippen LogP contribution in [-0.4, -0.2) is 24.3 Å². The van der Waals surface area contributed by atoms with Gasteiger partial charge in [-0.3, -0.25) is 4.98 Å². The highest BCUT2D eigenvalue weighted by Gasteiger charge is 2.29. The minimum atomic E-state index is -3.26. The van der Waals surface area contributed by atoms with E-state index in [1.165, 1.54) is 0 Å². The number of benzene rings is 3. The summed E-state index contributed by atoms with van der Waals surface area (Å²) in [4.78, 5) is 4.75. The van der Waals surface area contributed by atoms with Crippen molar-refractivity contribution < 1.29 is 13.5 Å². The molecule has 2 heterocycles.